The molecule has 1 aromatic carbocycles. The molecule has 1 aromatic rings. The summed E-state index contributed by atoms with van der Waals surface area (Å²) in [7, 11) is 1.63. The smallest absolute Gasteiger partial charge is 0.197 e. The highest BCUT2D eigenvalue weighted by molar-refractivity contribution is 5.32. The Hall–Kier alpha value is -1.22. The molecule has 3 heteroatoms. The summed E-state index contributed by atoms with van der Waals surface area (Å²) >= 11 is 0. The van der Waals surface area contributed by atoms with Crippen molar-refractivity contribution >= 4 is 0 Å². The monoisotopic (exact) mass is 210 g/mol. The molecule has 0 aliphatic rings. The van der Waals surface area contributed by atoms with Crippen LogP contribution in [-0.2, 0) is 4.74 Å². The van der Waals surface area contributed by atoms with Crippen LogP contribution in [-0.4, -0.2) is 19.5 Å². The Labute approximate surface area is 91.0 Å². The predicted molar refractivity (Wildman–Crippen MR) is 59.3 cm³/mol. The molecule has 0 spiro atoms. The van der Waals surface area contributed by atoms with Gasteiger partial charge < -0.3 is 14.2 Å². The van der Waals surface area contributed by atoms with Crippen LogP contribution in [0.3, 0.4) is 0 Å². The molecular formula is C12H18O3. The first-order chi connectivity index (χ1) is 7.11. The maximum Gasteiger partial charge on any atom is 0.197 e. The van der Waals surface area contributed by atoms with E-state index in [9.17, 15) is 0 Å². The maximum atomic E-state index is 5.57. The molecule has 0 aromatic heterocycles. The molecule has 0 saturated carbocycles. The Morgan fingerprint density at radius 3 is 2.33 bits per heavy atom. The van der Waals surface area contributed by atoms with E-state index in [0.717, 1.165) is 11.5 Å². The van der Waals surface area contributed by atoms with E-state index in [1.807, 2.05) is 45.0 Å². The minimum absolute atomic E-state index is 0.158. The summed E-state index contributed by atoms with van der Waals surface area (Å²) in [6, 6.07) is 7.47. The van der Waals surface area contributed by atoms with Gasteiger partial charge >= 0.3 is 0 Å². The van der Waals surface area contributed by atoms with Crippen LogP contribution in [0.15, 0.2) is 24.3 Å². The van der Waals surface area contributed by atoms with Gasteiger partial charge in [0, 0.05) is 6.07 Å². The van der Waals surface area contributed by atoms with Crippen molar-refractivity contribution in [3.05, 3.63) is 24.3 Å². The van der Waals surface area contributed by atoms with E-state index >= 15 is 0 Å². The Bertz CT molecular complexity index is 297. The van der Waals surface area contributed by atoms with Crippen molar-refractivity contribution in [1.82, 2.24) is 0 Å². The molecule has 1 atom stereocenters. The van der Waals surface area contributed by atoms with Crippen molar-refractivity contribution in [2.45, 2.75) is 33.2 Å². The van der Waals surface area contributed by atoms with Crippen molar-refractivity contribution in [2.24, 2.45) is 0 Å². The SMILES string of the molecule is COc1cccc(OC(C)OC(C)C)c1. The second-order valence-corrected chi connectivity index (χ2v) is 3.55. The van der Waals surface area contributed by atoms with Gasteiger partial charge in [-0.1, -0.05) is 6.07 Å². The quantitative estimate of drug-likeness (QED) is 0.699. The lowest BCUT2D eigenvalue weighted by Gasteiger charge is -2.17. The molecule has 1 rings (SSSR count). The van der Waals surface area contributed by atoms with E-state index in [1.54, 1.807) is 7.11 Å². The highest BCUT2D eigenvalue weighted by Gasteiger charge is 2.06. The van der Waals surface area contributed by atoms with Gasteiger partial charge in [0.1, 0.15) is 11.5 Å². The predicted octanol–water partition coefficient (Wildman–Crippen LogP) is 2.85. The summed E-state index contributed by atoms with van der Waals surface area (Å²) in [5, 5.41) is 0. The fourth-order valence-corrected chi connectivity index (χ4v) is 1.28. The Morgan fingerprint density at radius 2 is 1.73 bits per heavy atom. The molecule has 3 nitrogen and oxygen atoms in total. The van der Waals surface area contributed by atoms with Gasteiger partial charge in [0.05, 0.1) is 13.2 Å². The fraction of sp³-hybridized carbons (Fsp3) is 0.500. The van der Waals surface area contributed by atoms with E-state index in [-0.39, 0.29) is 12.4 Å². The van der Waals surface area contributed by atoms with E-state index in [2.05, 4.69) is 0 Å². The number of benzene rings is 1. The lowest BCUT2D eigenvalue weighted by molar-refractivity contribution is -0.0951. The number of hydrogen-bond acceptors (Lipinski definition) is 3. The maximum absolute atomic E-state index is 5.57. The molecule has 0 saturated heterocycles. The van der Waals surface area contributed by atoms with Gasteiger partial charge in [-0.15, -0.1) is 0 Å². The van der Waals surface area contributed by atoms with Crippen molar-refractivity contribution in [1.29, 1.82) is 0 Å². The van der Waals surface area contributed by atoms with Crippen LogP contribution in [0.1, 0.15) is 20.8 Å². The summed E-state index contributed by atoms with van der Waals surface area (Å²) in [5.74, 6) is 1.53. The molecule has 0 radical (unpaired) electrons. The zero-order chi connectivity index (χ0) is 11.3. The van der Waals surface area contributed by atoms with Crippen LogP contribution in [0.4, 0.5) is 0 Å². The van der Waals surface area contributed by atoms with Crippen LogP contribution in [0.2, 0.25) is 0 Å². The summed E-state index contributed by atoms with van der Waals surface area (Å²) in [5.41, 5.74) is 0. The van der Waals surface area contributed by atoms with Gasteiger partial charge in [0.25, 0.3) is 0 Å². The molecule has 0 heterocycles. The number of rotatable bonds is 5. The van der Waals surface area contributed by atoms with Gasteiger partial charge in [0.15, 0.2) is 6.29 Å². The minimum Gasteiger partial charge on any atom is -0.497 e. The second-order valence-electron chi connectivity index (χ2n) is 3.55. The lowest BCUT2D eigenvalue weighted by Crippen LogP contribution is -2.20. The van der Waals surface area contributed by atoms with Gasteiger partial charge in [0.2, 0.25) is 0 Å². The molecule has 0 bridgehead atoms. The standard InChI is InChI=1S/C12H18O3/c1-9(2)14-10(3)15-12-7-5-6-11(8-12)13-4/h5-10H,1-4H3. The molecule has 15 heavy (non-hydrogen) atoms. The average molecular weight is 210 g/mol. The zero-order valence-corrected chi connectivity index (χ0v) is 9.69. The minimum atomic E-state index is -0.253. The molecule has 84 valence electrons. The van der Waals surface area contributed by atoms with E-state index in [4.69, 9.17) is 14.2 Å². The first-order valence-corrected chi connectivity index (χ1v) is 5.08. The second kappa shape index (κ2) is 5.61. The van der Waals surface area contributed by atoms with Crippen LogP contribution >= 0.6 is 0 Å². The third-order valence-electron chi connectivity index (χ3n) is 1.81. The lowest BCUT2D eigenvalue weighted by atomic mass is 10.3. The van der Waals surface area contributed by atoms with Gasteiger partial charge in [-0.3, -0.25) is 0 Å². The third-order valence-corrected chi connectivity index (χ3v) is 1.81. The van der Waals surface area contributed by atoms with Crippen LogP contribution in [0.5, 0.6) is 11.5 Å². The first kappa shape index (κ1) is 11.9. The van der Waals surface area contributed by atoms with Crippen molar-refractivity contribution < 1.29 is 14.2 Å². The number of hydrogen-bond donors (Lipinski definition) is 0. The van der Waals surface area contributed by atoms with Crippen molar-refractivity contribution in [2.75, 3.05) is 7.11 Å². The Kier molecular flexibility index (Phi) is 4.43. The van der Waals surface area contributed by atoms with Crippen LogP contribution < -0.4 is 9.47 Å². The molecule has 0 aliphatic heterocycles. The van der Waals surface area contributed by atoms with Crippen molar-refractivity contribution in [3.8, 4) is 11.5 Å². The van der Waals surface area contributed by atoms with E-state index in [0.29, 0.717) is 0 Å². The highest BCUT2D eigenvalue weighted by atomic mass is 16.7. The van der Waals surface area contributed by atoms with E-state index in [1.165, 1.54) is 0 Å². The molecule has 1 unspecified atom stereocenters. The molecule has 0 fully saturated rings. The zero-order valence-electron chi connectivity index (χ0n) is 9.69. The Morgan fingerprint density at radius 1 is 1.07 bits per heavy atom. The fourth-order valence-electron chi connectivity index (χ4n) is 1.28. The van der Waals surface area contributed by atoms with Gasteiger partial charge in [-0.2, -0.15) is 0 Å². The van der Waals surface area contributed by atoms with Crippen LogP contribution in [0, 0.1) is 0 Å². The highest BCUT2D eigenvalue weighted by Crippen LogP contribution is 2.20. The van der Waals surface area contributed by atoms with Gasteiger partial charge in [-0.05, 0) is 32.9 Å². The molecular weight excluding hydrogens is 192 g/mol. The topological polar surface area (TPSA) is 27.7 Å². The van der Waals surface area contributed by atoms with Crippen molar-refractivity contribution in [3.63, 3.8) is 0 Å². The van der Waals surface area contributed by atoms with Crippen LogP contribution in [0.25, 0.3) is 0 Å². The third kappa shape index (κ3) is 4.21. The molecule has 0 amide bonds. The summed E-state index contributed by atoms with van der Waals surface area (Å²) in [6.45, 7) is 5.83. The molecule has 0 N–H and O–H groups in total. The molecule has 0 aliphatic carbocycles. The van der Waals surface area contributed by atoms with Gasteiger partial charge in [-0.25, -0.2) is 0 Å². The average Bonchev–Trinajstić information content (AvgIpc) is 2.16. The normalized spacial score (nSPS) is 12.6. The number of methoxy groups -OCH3 is 1. The summed E-state index contributed by atoms with van der Waals surface area (Å²) < 4.78 is 16.1. The summed E-state index contributed by atoms with van der Waals surface area (Å²) in [6.07, 6.45) is -0.0947. The van der Waals surface area contributed by atoms with E-state index < -0.39 is 0 Å². The Balaban J connectivity index is 2.55. The summed E-state index contributed by atoms with van der Waals surface area (Å²) in [4.78, 5) is 0. The first-order valence-electron chi connectivity index (χ1n) is 5.08. The number of ether oxygens (including phenoxy) is 3. The largest absolute Gasteiger partial charge is 0.497 e.